The number of hydrogen-bond donors (Lipinski definition) is 1. The highest BCUT2D eigenvalue weighted by Crippen LogP contribution is 2.15. The van der Waals surface area contributed by atoms with Crippen molar-refractivity contribution in [2.24, 2.45) is 4.99 Å². The van der Waals surface area contributed by atoms with Crippen molar-refractivity contribution in [3.63, 3.8) is 0 Å². The van der Waals surface area contributed by atoms with Crippen molar-refractivity contribution in [2.45, 2.75) is 13.1 Å². The number of hydrogen-bond acceptors (Lipinski definition) is 5. The molecule has 0 bridgehead atoms. The summed E-state index contributed by atoms with van der Waals surface area (Å²) in [7, 11) is 3.92. The summed E-state index contributed by atoms with van der Waals surface area (Å²) in [5, 5.41) is 7.52. The summed E-state index contributed by atoms with van der Waals surface area (Å²) in [5.74, 6) is 0.919. The van der Waals surface area contributed by atoms with Crippen LogP contribution >= 0.6 is 0 Å². The van der Waals surface area contributed by atoms with Gasteiger partial charge in [0.25, 0.3) is 0 Å². The van der Waals surface area contributed by atoms with Gasteiger partial charge in [-0.3, -0.25) is 10.4 Å². The molecule has 0 saturated heterocycles. The number of rotatable bonds is 4. The lowest BCUT2D eigenvalue weighted by Crippen LogP contribution is -2.24. The van der Waals surface area contributed by atoms with Gasteiger partial charge < -0.3 is 4.90 Å². The molecule has 0 aliphatic heterocycles. The van der Waals surface area contributed by atoms with E-state index in [-0.39, 0.29) is 6.17 Å². The van der Waals surface area contributed by atoms with Crippen molar-refractivity contribution < 1.29 is 0 Å². The molecule has 0 amide bonds. The number of pyridine rings is 1. The van der Waals surface area contributed by atoms with Crippen LogP contribution in [-0.2, 0) is 0 Å². The molecule has 2 rings (SSSR count). The van der Waals surface area contributed by atoms with E-state index in [0.29, 0.717) is 0 Å². The molecule has 0 saturated carbocycles. The molecule has 7 heteroatoms. The van der Waals surface area contributed by atoms with Gasteiger partial charge in [0.2, 0.25) is 0 Å². The fraction of sp³-hybridized carbons (Fsp3) is 0.333. The maximum atomic E-state index is 4.65. The predicted octanol–water partition coefficient (Wildman–Crippen LogP) is 0.895. The Morgan fingerprint density at radius 1 is 1.26 bits per heavy atom. The molecule has 1 unspecified atom stereocenters. The Kier molecular flexibility index (Phi) is 4.07. The first kappa shape index (κ1) is 13.0. The third kappa shape index (κ3) is 3.51. The van der Waals surface area contributed by atoms with Crippen LogP contribution in [0.15, 0.2) is 42.2 Å². The SMILES string of the molecule is C/C(=N\C(Nn1cnnc1)c1ccncc1)N(C)C. The van der Waals surface area contributed by atoms with E-state index in [1.807, 2.05) is 38.1 Å². The highest BCUT2D eigenvalue weighted by molar-refractivity contribution is 5.79. The molecule has 0 aliphatic rings. The fourth-order valence-electron chi connectivity index (χ4n) is 1.43. The van der Waals surface area contributed by atoms with Crippen LogP contribution in [0.4, 0.5) is 0 Å². The summed E-state index contributed by atoms with van der Waals surface area (Å²) in [5.41, 5.74) is 4.23. The van der Waals surface area contributed by atoms with Crippen LogP contribution in [0.1, 0.15) is 18.7 Å². The lowest BCUT2D eigenvalue weighted by Gasteiger charge is -2.19. The van der Waals surface area contributed by atoms with Gasteiger partial charge in [0, 0.05) is 32.1 Å². The lowest BCUT2D eigenvalue weighted by molar-refractivity contribution is 0.597. The van der Waals surface area contributed by atoms with Gasteiger partial charge in [0.1, 0.15) is 12.7 Å². The summed E-state index contributed by atoms with van der Waals surface area (Å²) in [6.07, 6.45) is 6.46. The maximum Gasteiger partial charge on any atom is 0.160 e. The molecule has 1 atom stereocenters. The molecule has 1 N–H and O–H groups in total. The highest BCUT2D eigenvalue weighted by Gasteiger charge is 2.10. The monoisotopic (exact) mass is 259 g/mol. The smallest absolute Gasteiger partial charge is 0.160 e. The molecule has 100 valence electrons. The molecule has 2 aromatic rings. The van der Waals surface area contributed by atoms with Crippen LogP contribution in [0.2, 0.25) is 0 Å². The third-order valence-corrected chi connectivity index (χ3v) is 2.68. The number of aromatic nitrogens is 4. The Morgan fingerprint density at radius 3 is 2.47 bits per heavy atom. The molecule has 0 spiro atoms. The van der Waals surface area contributed by atoms with E-state index in [1.54, 1.807) is 29.7 Å². The van der Waals surface area contributed by atoms with E-state index >= 15 is 0 Å². The minimum atomic E-state index is -0.221. The fourth-order valence-corrected chi connectivity index (χ4v) is 1.43. The number of nitrogens with one attached hydrogen (secondary N) is 1. The van der Waals surface area contributed by atoms with Gasteiger partial charge in [-0.15, -0.1) is 10.2 Å². The maximum absolute atomic E-state index is 4.65. The zero-order valence-electron chi connectivity index (χ0n) is 11.2. The van der Waals surface area contributed by atoms with Crippen molar-refractivity contribution in [3.05, 3.63) is 42.7 Å². The summed E-state index contributed by atoms with van der Waals surface area (Å²) >= 11 is 0. The van der Waals surface area contributed by atoms with Crippen LogP contribution in [-0.4, -0.2) is 44.7 Å². The van der Waals surface area contributed by atoms with E-state index in [2.05, 4.69) is 25.6 Å². The number of nitrogens with zero attached hydrogens (tertiary/aromatic N) is 6. The van der Waals surface area contributed by atoms with Gasteiger partial charge in [-0.1, -0.05) is 0 Å². The van der Waals surface area contributed by atoms with Gasteiger partial charge in [-0.05, 0) is 19.1 Å². The zero-order valence-corrected chi connectivity index (χ0v) is 11.2. The molecular weight excluding hydrogens is 242 g/mol. The first-order valence-electron chi connectivity index (χ1n) is 5.89. The molecule has 2 aromatic heterocycles. The van der Waals surface area contributed by atoms with Crippen molar-refractivity contribution >= 4 is 5.84 Å². The minimum Gasteiger partial charge on any atom is -0.367 e. The first-order valence-corrected chi connectivity index (χ1v) is 5.89. The molecule has 0 aromatic carbocycles. The summed E-state index contributed by atoms with van der Waals surface area (Å²) in [4.78, 5) is 10.6. The minimum absolute atomic E-state index is 0.221. The van der Waals surface area contributed by atoms with Gasteiger partial charge in [-0.2, -0.15) is 0 Å². The topological polar surface area (TPSA) is 71.2 Å². The molecule has 0 aliphatic carbocycles. The van der Waals surface area contributed by atoms with Crippen LogP contribution in [0.5, 0.6) is 0 Å². The van der Waals surface area contributed by atoms with E-state index in [9.17, 15) is 0 Å². The summed E-state index contributed by atoms with van der Waals surface area (Å²) in [6.45, 7) is 1.96. The Bertz CT molecular complexity index is 518. The van der Waals surface area contributed by atoms with Crippen LogP contribution in [0.25, 0.3) is 0 Å². The van der Waals surface area contributed by atoms with Crippen LogP contribution in [0, 0.1) is 0 Å². The number of aliphatic imine (C=N–C) groups is 1. The normalized spacial score (nSPS) is 13.1. The molecule has 19 heavy (non-hydrogen) atoms. The Hall–Kier alpha value is -2.44. The van der Waals surface area contributed by atoms with Gasteiger partial charge >= 0.3 is 0 Å². The van der Waals surface area contributed by atoms with E-state index in [0.717, 1.165) is 11.4 Å². The van der Waals surface area contributed by atoms with E-state index < -0.39 is 0 Å². The first-order chi connectivity index (χ1) is 9.16. The van der Waals surface area contributed by atoms with Gasteiger partial charge in [0.15, 0.2) is 6.17 Å². The standard InChI is InChI=1S/C12H17N7/c1-10(18(2)3)16-12(11-4-6-13-7-5-11)17-19-8-14-15-9-19/h4-9,12,17H,1-3H3/b16-10+. The Labute approximate surface area is 112 Å². The lowest BCUT2D eigenvalue weighted by atomic mass is 10.2. The van der Waals surface area contributed by atoms with Crippen molar-refractivity contribution in [1.82, 2.24) is 24.8 Å². The predicted molar refractivity (Wildman–Crippen MR) is 73.2 cm³/mol. The average molecular weight is 259 g/mol. The second kappa shape index (κ2) is 5.94. The molecule has 7 nitrogen and oxygen atoms in total. The highest BCUT2D eigenvalue weighted by atomic mass is 15.5. The quantitative estimate of drug-likeness (QED) is 0.652. The van der Waals surface area contributed by atoms with E-state index in [1.165, 1.54) is 0 Å². The largest absolute Gasteiger partial charge is 0.367 e. The second-order valence-electron chi connectivity index (χ2n) is 4.25. The van der Waals surface area contributed by atoms with Gasteiger partial charge in [-0.25, -0.2) is 9.67 Å². The van der Waals surface area contributed by atoms with Crippen molar-refractivity contribution in [3.8, 4) is 0 Å². The van der Waals surface area contributed by atoms with Crippen molar-refractivity contribution in [2.75, 3.05) is 19.5 Å². The molecule has 0 fully saturated rings. The third-order valence-electron chi connectivity index (χ3n) is 2.68. The van der Waals surface area contributed by atoms with Crippen LogP contribution in [0.3, 0.4) is 0 Å². The zero-order chi connectivity index (χ0) is 13.7. The molecular formula is C12H17N7. The molecule has 2 heterocycles. The summed E-state index contributed by atoms with van der Waals surface area (Å²) < 4.78 is 1.68. The number of amidine groups is 1. The Morgan fingerprint density at radius 2 is 1.89 bits per heavy atom. The summed E-state index contributed by atoms with van der Waals surface area (Å²) in [6, 6.07) is 3.85. The van der Waals surface area contributed by atoms with Crippen LogP contribution < -0.4 is 5.43 Å². The molecule has 0 radical (unpaired) electrons. The van der Waals surface area contributed by atoms with E-state index in [4.69, 9.17) is 0 Å². The Balaban J connectivity index is 2.26. The average Bonchev–Trinajstić information content (AvgIpc) is 2.91. The van der Waals surface area contributed by atoms with Gasteiger partial charge in [0.05, 0.1) is 5.84 Å². The second-order valence-corrected chi connectivity index (χ2v) is 4.25. The van der Waals surface area contributed by atoms with Crippen molar-refractivity contribution in [1.29, 1.82) is 0 Å².